The Labute approximate surface area is 160 Å². The Bertz CT molecular complexity index is 1050. The Morgan fingerprint density at radius 3 is 3.00 bits per heavy atom. The summed E-state index contributed by atoms with van der Waals surface area (Å²) in [6.45, 7) is 0. The summed E-state index contributed by atoms with van der Waals surface area (Å²) in [5, 5.41) is 4.14. The van der Waals surface area contributed by atoms with Gasteiger partial charge in [-0.2, -0.15) is 10.1 Å². The molecule has 3 aromatic rings. The third-order valence-electron chi connectivity index (χ3n) is 5.93. The monoisotopic (exact) mass is 378 g/mol. The van der Waals surface area contributed by atoms with E-state index in [1.807, 2.05) is 23.2 Å². The van der Waals surface area contributed by atoms with Gasteiger partial charge in [0.15, 0.2) is 5.60 Å². The number of carbonyl (C=O) groups excluding carboxylic acids is 1. The molecular formula is C19H18N6O3. The summed E-state index contributed by atoms with van der Waals surface area (Å²) in [7, 11) is 0. The van der Waals surface area contributed by atoms with E-state index in [1.54, 1.807) is 23.1 Å². The second-order valence-electron chi connectivity index (χ2n) is 7.55. The molecule has 2 aliphatic heterocycles. The highest BCUT2D eigenvalue weighted by Crippen LogP contribution is 2.51. The largest absolute Gasteiger partial charge is 0.473 e. The normalized spacial score (nSPS) is 31.4. The van der Waals surface area contributed by atoms with Gasteiger partial charge in [-0.1, -0.05) is 0 Å². The van der Waals surface area contributed by atoms with E-state index < -0.39 is 5.60 Å². The molecule has 2 atom stereocenters. The van der Waals surface area contributed by atoms with Gasteiger partial charge in [0.1, 0.15) is 24.2 Å². The number of nitrogens with zero attached hydrogens (tertiary/aromatic N) is 6. The quantitative estimate of drug-likeness (QED) is 0.682. The molecule has 1 saturated carbocycles. The Balaban J connectivity index is 1.19. The standard InChI is InChI=1S/C19H18N6O3/c26-18-19(28-16-4-3-14(25(16)18)13-10-20-5-6-21-13)8-12(9-19)27-17-15-2-1-7-24(15)23-11-22-17/h1-2,5-7,10-12,14,16H,3-4,8-9H2/t12?,14-,16-,19?/m0/s1. The van der Waals surface area contributed by atoms with Gasteiger partial charge in [0.25, 0.3) is 5.91 Å². The zero-order valence-corrected chi connectivity index (χ0v) is 15.0. The second kappa shape index (κ2) is 5.71. The molecule has 28 heavy (non-hydrogen) atoms. The number of carbonyl (C=O) groups is 1. The third-order valence-corrected chi connectivity index (χ3v) is 5.93. The fraction of sp³-hybridized carbons (Fsp3) is 0.421. The number of hydrogen-bond donors (Lipinski definition) is 0. The molecular weight excluding hydrogens is 360 g/mol. The second-order valence-corrected chi connectivity index (χ2v) is 7.55. The zero-order valence-electron chi connectivity index (χ0n) is 15.0. The van der Waals surface area contributed by atoms with E-state index >= 15 is 0 Å². The van der Waals surface area contributed by atoms with Gasteiger partial charge < -0.3 is 14.4 Å². The first-order valence-corrected chi connectivity index (χ1v) is 9.45. The Kier molecular flexibility index (Phi) is 3.25. The lowest BCUT2D eigenvalue weighted by atomic mass is 9.76. The van der Waals surface area contributed by atoms with E-state index in [1.165, 1.54) is 6.33 Å². The Hall–Kier alpha value is -3.07. The molecule has 5 heterocycles. The van der Waals surface area contributed by atoms with E-state index in [0.717, 1.165) is 24.1 Å². The van der Waals surface area contributed by atoms with Gasteiger partial charge in [-0.15, -0.1) is 0 Å². The van der Waals surface area contributed by atoms with Crippen LogP contribution in [-0.4, -0.2) is 53.3 Å². The number of rotatable bonds is 3. The first kappa shape index (κ1) is 15.9. The molecule has 3 aliphatic rings. The Morgan fingerprint density at radius 2 is 2.14 bits per heavy atom. The third kappa shape index (κ3) is 2.19. The number of ether oxygens (including phenoxy) is 2. The minimum atomic E-state index is -0.776. The average molecular weight is 378 g/mol. The molecule has 9 nitrogen and oxygen atoms in total. The van der Waals surface area contributed by atoms with E-state index in [-0.39, 0.29) is 24.3 Å². The van der Waals surface area contributed by atoms with Crippen molar-refractivity contribution in [3.63, 3.8) is 0 Å². The molecule has 0 radical (unpaired) electrons. The smallest absolute Gasteiger partial charge is 0.257 e. The van der Waals surface area contributed by atoms with Crippen molar-refractivity contribution >= 4 is 11.4 Å². The first-order valence-electron chi connectivity index (χ1n) is 9.45. The van der Waals surface area contributed by atoms with E-state index in [2.05, 4.69) is 20.1 Å². The SMILES string of the molecule is O=C1N2[C@H](CC[C@H]2c2cnccn2)OC12CC(Oc1ncnn3cccc13)C2. The maximum absolute atomic E-state index is 13.2. The molecule has 1 aliphatic carbocycles. The highest BCUT2D eigenvalue weighted by Gasteiger charge is 2.63. The van der Waals surface area contributed by atoms with Crippen molar-refractivity contribution in [2.24, 2.45) is 0 Å². The van der Waals surface area contributed by atoms with Gasteiger partial charge in [-0.05, 0) is 25.0 Å². The number of aromatic nitrogens is 5. The summed E-state index contributed by atoms with van der Waals surface area (Å²) >= 11 is 0. The summed E-state index contributed by atoms with van der Waals surface area (Å²) in [6.07, 6.45) is 10.8. The van der Waals surface area contributed by atoms with E-state index in [0.29, 0.717) is 18.7 Å². The van der Waals surface area contributed by atoms with Crippen LogP contribution in [0.4, 0.5) is 0 Å². The van der Waals surface area contributed by atoms with Gasteiger partial charge in [-0.25, -0.2) is 4.52 Å². The van der Waals surface area contributed by atoms with Crippen molar-refractivity contribution in [3.8, 4) is 5.88 Å². The van der Waals surface area contributed by atoms with Crippen molar-refractivity contribution in [3.05, 3.63) is 48.9 Å². The van der Waals surface area contributed by atoms with Crippen LogP contribution < -0.4 is 4.74 Å². The van der Waals surface area contributed by atoms with Crippen LogP contribution in [-0.2, 0) is 9.53 Å². The fourth-order valence-electron chi connectivity index (χ4n) is 4.61. The van der Waals surface area contributed by atoms with Crippen LogP contribution in [0, 0.1) is 0 Å². The Morgan fingerprint density at radius 1 is 1.21 bits per heavy atom. The van der Waals surface area contributed by atoms with E-state index in [4.69, 9.17) is 9.47 Å². The van der Waals surface area contributed by atoms with Crippen LogP contribution >= 0.6 is 0 Å². The van der Waals surface area contributed by atoms with Gasteiger partial charge in [0.2, 0.25) is 5.88 Å². The van der Waals surface area contributed by atoms with Crippen molar-refractivity contribution < 1.29 is 14.3 Å². The topological polar surface area (TPSA) is 94.7 Å². The lowest BCUT2D eigenvalue weighted by molar-refractivity contribution is -0.162. The molecule has 9 heteroatoms. The van der Waals surface area contributed by atoms with Crippen LogP contribution in [0.1, 0.15) is 37.4 Å². The minimum Gasteiger partial charge on any atom is -0.473 e. The number of amides is 1. The molecule has 142 valence electrons. The van der Waals surface area contributed by atoms with Crippen molar-refractivity contribution in [1.82, 2.24) is 29.5 Å². The van der Waals surface area contributed by atoms with Gasteiger partial charge >= 0.3 is 0 Å². The summed E-state index contributed by atoms with van der Waals surface area (Å²) < 4.78 is 14.0. The lowest BCUT2D eigenvalue weighted by Crippen LogP contribution is -2.56. The highest BCUT2D eigenvalue weighted by atomic mass is 16.6. The maximum Gasteiger partial charge on any atom is 0.257 e. The van der Waals surface area contributed by atoms with Crippen molar-refractivity contribution in [2.75, 3.05) is 0 Å². The van der Waals surface area contributed by atoms with Gasteiger partial charge in [0.05, 0.1) is 17.9 Å². The summed E-state index contributed by atoms with van der Waals surface area (Å²) in [5.41, 5.74) is 0.856. The zero-order chi connectivity index (χ0) is 18.7. The molecule has 0 aromatic carbocycles. The molecule has 2 saturated heterocycles. The lowest BCUT2D eigenvalue weighted by Gasteiger charge is -2.41. The van der Waals surface area contributed by atoms with Crippen LogP contribution in [0.3, 0.4) is 0 Å². The van der Waals surface area contributed by atoms with Crippen LogP contribution in [0.15, 0.2) is 43.2 Å². The number of fused-ring (bicyclic) bond motifs is 2. The molecule has 1 spiro atoms. The molecule has 0 unspecified atom stereocenters. The van der Waals surface area contributed by atoms with Crippen LogP contribution in [0.25, 0.3) is 5.52 Å². The highest BCUT2D eigenvalue weighted by molar-refractivity contribution is 5.89. The predicted octanol–water partition coefficient (Wildman–Crippen LogP) is 1.52. The summed E-state index contributed by atoms with van der Waals surface area (Å²) in [5.74, 6) is 0.573. The van der Waals surface area contributed by atoms with Crippen molar-refractivity contribution in [1.29, 1.82) is 0 Å². The molecule has 3 fully saturated rings. The number of hydrogen-bond acceptors (Lipinski definition) is 7. The summed E-state index contributed by atoms with van der Waals surface area (Å²) in [6, 6.07) is 3.74. The summed E-state index contributed by atoms with van der Waals surface area (Å²) in [4.78, 5) is 27.8. The first-order chi connectivity index (χ1) is 13.7. The van der Waals surface area contributed by atoms with E-state index in [9.17, 15) is 4.79 Å². The molecule has 0 N–H and O–H groups in total. The van der Waals surface area contributed by atoms with Crippen LogP contribution in [0.5, 0.6) is 5.88 Å². The molecule has 0 bridgehead atoms. The van der Waals surface area contributed by atoms with Gasteiger partial charge in [0, 0.05) is 31.4 Å². The average Bonchev–Trinajstić information content (AvgIpc) is 3.38. The van der Waals surface area contributed by atoms with Crippen molar-refractivity contribution in [2.45, 2.75) is 49.7 Å². The minimum absolute atomic E-state index is 0.0426. The van der Waals surface area contributed by atoms with Gasteiger partial charge in [-0.3, -0.25) is 14.8 Å². The molecule has 6 rings (SSSR count). The molecule has 1 amide bonds. The molecule has 3 aromatic heterocycles. The van der Waals surface area contributed by atoms with Crippen LogP contribution in [0.2, 0.25) is 0 Å². The maximum atomic E-state index is 13.2. The fourth-order valence-corrected chi connectivity index (χ4v) is 4.61. The predicted molar refractivity (Wildman–Crippen MR) is 95.1 cm³/mol.